The molecular weight excluding hydrogens is 356 g/mol. The van der Waals surface area contributed by atoms with E-state index in [0.717, 1.165) is 24.8 Å². The van der Waals surface area contributed by atoms with E-state index in [1.165, 1.54) is 34.8 Å². The molecule has 0 saturated heterocycles. The molecule has 0 N–H and O–H groups in total. The number of allylic oxidation sites excluding steroid dienone is 1. The van der Waals surface area contributed by atoms with Crippen LogP contribution in [0.4, 0.5) is 0 Å². The van der Waals surface area contributed by atoms with Crippen LogP contribution in [0.1, 0.15) is 40.8 Å². The molecule has 144 valence electrons. The fourth-order valence-electron chi connectivity index (χ4n) is 5.22. The van der Waals surface area contributed by atoms with Crippen LogP contribution >= 0.6 is 0 Å². The standard InChI is InChI=1S/C27H24O2/c1-19(28)29-26-24-14-8-6-12-22(24)18-27(26,17-20-9-3-2-4-10-20)25-16-15-21-11-5-7-13-23(21)25/h2-14,16,26H,15,17-18H2,1H3. The molecule has 2 unspecified atom stereocenters. The molecule has 0 aromatic heterocycles. The highest BCUT2D eigenvalue weighted by atomic mass is 16.5. The average Bonchev–Trinajstić information content (AvgIpc) is 3.29. The first-order valence-corrected chi connectivity index (χ1v) is 10.3. The van der Waals surface area contributed by atoms with Crippen molar-refractivity contribution in [3.8, 4) is 0 Å². The molecule has 2 heteroatoms. The van der Waals surface area contributed by atoms with Crippen LogP contribution in [0.15, 0.2) is 84.9 Å². The van der Waals surface area contributed by atoms with Gasteiger partial charge in [0.05, 0.1) is 0 Å². The molecule has 2 atom stereocenters. The van der Waals surface area contributed by atoms with E-state index in [4.69, 9.17) is 4.74 Å². The predicted molar refractivity (Wildman–Crippen MR) is 115 cm³/mol. The molecule has 2 aliphatic carbocycles. The van der Waals surface area contributed by atoms with Crippen molar-refractivity contribution in [2.45, 2.75) is 32.3 Å². The van der Waals surface area contributed by atoms with Crippen molar-refractivity contribution >= 4 is 11.5 Å². The van der Waals surface area contributed by atoms with Crippen molar-refractivity contribution in [3.05, 3.63) is 113 Å². The molecule has 0 spiro atoms. The molecule has 3 aromatic rings. The monoisotopic (exact) mass is 380 g/mol. The molecule has 2 aliphatic rings. The molecule has 3 aromatic carbocycles. The number of hydrogen-bond donors (Lipinski definition) is 0. The summed E-state index contributed by atoms with van der Waals surface area (Å²) in [6, 6.07) is 27.6. The Morgan fingerprint density at radius 1 is 0.931 bits per heavy atom. The molecule has 0 saturated carbocycles. The number of ether oxygens (including phenoxy) is 1. The fourth-order valence-corrected chi connectivity index (χ4v) is 5.22. The number of carbonyl (C=O) groups is 1. The summed E-state index contributed by atoms with van der Waals surface area (Å²) in [4.78, 5) is 12.2. The van der Waals surface area contributed by atoms with E-state index >= 15 is 0 Å². The van der Waals surface area contributed by atoms with Gasteiger partial charge < -0.3 is 4.74 Å². The third-order valence-corrected chi connectivity index (χ3v) is 6.36. The second-order valence-corrected chi connectivity index (χ2v) is 8.16. The van der Waals surface area contributed by atoms with Crippen LogP contribution in [-0.4, -0.2) is 5.97 Å². The van der Waals surface area contributed by atoms with Gasteiger partial charge in [0.25, 0.3) is 0 Å². The van der Waals surface area contributed by atoms with Crippen LogP contribution < -0.4 is 0 Å². The number of carbonyl (C=O) groups excluding carboxylic acids is 1. The molecule has 2 nitrogen and oxygen atoms in total. The van der Waals surface area contributed by atoms with Gasteiger partial charge in [-0.2, -0.15) is 0 Å². The SMILES string of the molecule is CC(=O)OC1c2ccccc2CC1(Cc1ccccc1)C1=CCc2ccccc21. The lowest BCUT2D eigenvalue weighted by molar-refractivity contribution is -0.151. The van der Waals surface area contributed by atoms with Crippen molar-refractivity contribution in [1.82, 2.24) is 0 Å². The van der Waals surface area contributed by atoms with E-state index in [1.807, 2.05) is 12.1 Å². The van der Waals surface area contributed by atoms with E-state index in [0.29, 0.717) is 0 Å². The number of rotatable bonds is 4. The number of fused-ring (bicyclic) bond motifs is 2. The largest absolute Gasteiger partial charge is 0.457 e. The quantitative estimate of drug-likeness (QED) is 0.542. The van der Waals surface area contributed by atoms with Crippen molar-refractivity contribution in [3.63, 3.8) is 0 Å². The van der Waals surface area contributed by atoms with Gasteiger partial charge in [0, 0.05) is 12.3 Å². The Balaban J connectivity index is 1.70. The lowest BCUT2D eigenvalue weighted by atomic mass is 9.69. The van der Waals surface area contributed by atoms with Crippen molar-refractivity contribution in [2.75, 3.05) is 0 Å². The Morgan fingerprint density at radius 3 is 2.41 bits per heavy atom. The predicted octanol–water partition coefficient (Wildman–Crippen LogP) is 5.72. The second kappa shape index (κ2) is 7.04. The molecule has 0 fully saturated rings. The van der Waals surface area contributed by atoms with Gasteiger partial charge in [-0.05, 0) is 52.7 Å². The normalized spacial score (nSPS) is 22.0. The summed E-state index contributed by atoms with van der Waals surface area (Å²) in [6.45, 7) is 1.52. The van der Waals surface area contributed by atoms with Gasteiger partial charge in [0.2, 0.25) is 0 Å². The first-order chi connectivity index (χ1) is 14.2. The van der Waals surface area contributed by atoms with Crippen LogP contribution in [-0.2, 0) is 28.8 Å². The van der Waals surface area contributed by atoms with Crippen molar-refractivity contribution < 1.29 is 9.53 Å². The molecule has 0 heterocycles. The van der Waals surface area contributed by atoms with Crippen molar-refractivity contribution in [2.24, 2.45) is 5.41 Å². The van der Waals surface area contributed by atoms with Gasteiger partial charge in [0.1, 0.15) is 6.10 Å². The maximum absolute atomic E-state index is 12.2. The van der Waals surface area contributed by atoms with E-state index < -0.39 is 0 Å². The Morgan fingerprint density at radius 2 is 1.62 bits per heavy atom. The minimum atomic E-state index is -0.302. The van der Waals surface area contributed by atoms with Crippen LogP contribution in [0.2, 0.25) is 0 Å². The Kier molecular flexibility index (Phi) is 4.35. The third-order valence-electron chi connectivity index (χ3n) is 6.36. The number of esters is 1. The zero-order valence-corrected chi connectivity index (χ0v) is 16.6. The van der Waals surface area contributed by atoms with Gasteiger partial charge in [-0.15, -0.1) is 0 Å². The Bertz CT molecular complexity index is 1100. The van der Waals surface area contributed by atoms with Crippen LogP contribution in [0.25, 0.3) is 5.57 Å². The van der Waals surface area contributed by atoms with Gasteiger partial charge >= 0.3 is 5.97 Å². The number of benzene rings is 3. The van der Waals surface area contributed by atoms with Gasteiger partial charge in [-0.1, -0.05) is 84.9 Å². The molecule has 0 amide bonds. The lowest BCUT2D eigenvalue weighted by Crippen LogP contribution is -2.32. The first-order valence-electron chi connectivity index (χ1n) is 10.3. The number of hydrogen-bond acceptors (Lipinski definition) is 2. The van der Waals surface area contributed by atoms with Gasteiger partial charge in [-0.3, -0.25) is 4.79 Å². The molecule has 0 bridgehead atoms. The van der Waals surface area contributed by atoms with Gasteiger partial charge in [0.15, 0.2) is 0 Å². The minimum absolute atomic E-state index is 0.226. The zero-order valence-electron chi connectivity index (χ0n) is 16.6. The zero-order chi connectivity index (χ0) is 19.8. The van der Waals surface area contributed by atoms with Crippen molar-refractivity contribution in [1.29, 1.82) is 0 Å². The van der Waals surface area contributed by atoms with E-state index in [2.05, 4.69) is 72.8 Å². The Labute approximate surface area is 171 Å². The highest BCUT2D eigenvalue weighted by Gasteiger charge is 2.51. The summed E-state index contributed by atoms with van der Waals surface area (Å²) in [7, 11) is 0. The maximum atomic E-state index is 12.2. The smallest absolute Gasteiger partial charge is 0.303 e. The third kappa shape index (κ3) is 3.00. The summed E-state index contributed by atoms with van der Waals surface area (Å²) in [6.07, 6.45) is 4.71. The van der Waals surface area contributed by atoms with E-state index in [-0.39, 0.29) is 17.5 Å². The van der Waals surface area contributed by atoms with Crippen LogP contribution in [0, 0.1) is 5.41 Å². The molecule has 0 aliphatic heterocycles. The summed E-state index contributed by atoms with van der Waals surface area (Å²) in [5.41, 5.74) is 7.36. The Hall–Kier alpha value is -3.13. The topological polar surface area (TPSA) is 26.3 Å². The van der Waals surface area contributed by atoms with Gasteiger partial charge in [-0.25, -0.2) is 0 Å². The summed E-state index contributed by atoms with van der Waals surface area (Å²) < 4.78 is 6.07. The lowest BCUT2D eigenvalue weighted by Gasteiger charge is -2.37. The summed E-state index contributed by atoms with van der Waals surface area (Å²) in [5.74, 6) is -0.226. The molecule has 29 heavy (non-hydrogen) atoms. The van der Waals surface area contributed by atoms with E-state index in [1.54, 1.807) is 0 Å². The molecule has 5 rings (SSSR count). The first kappa shape index (κ1) is 17.9. The van der Waals surface area contributed by atoms with Crippen LogP contribution in [0.5, 0.6) is 0 Å². The average molecular weight is 380 g/mol. The fraction of sp³-hybridized carbons (Fsp3) is 0.222. The molecule has 0 radical (unpaired) electrons. The highest BCUT2D eigenvalue weighted by Crippen LogP contribution is 2.58. The van der Waals surface area contributed by atoms with Crippen LogP contribution in [0.3, 0.4) is 0 Å². The highest BCUT2D eigenvalue weighted by molar-refractivity contribution is 5.80. The molecular formula is C27H24O2. The second-order valence-electron chi connectivity index (χ2n) is 8.16. The van der Waals surface area contributed by atoms with E-state index in [9.17, 15) is 4.79 Å². The maximum Gasteiger partial charge on any atom is 0.303 e. The summed E-state index contributed by atoms with van der Waals surface area (Å²) >= 11 is 0. The summed E-state index contributed by atoms with van der Waals surface area (Å²) in [5, 5.41) is 0. The minimum Gasteiger partial charge on any atom is -0.457 e.